The topological polar surface area (TPSA) is 102 Å². The van der Waals surface area contributed by atoms with Crippen molar-refractivity contribution in [3.63, 3.8) is 0 Å². The van der Waals surface area contributed by atoms with E-state index in [-0.39, 0.29) is 18.4 Å². The molecule has 2 aromatic heterocycles. The number of imide groups is 1. The molecule has 8 nitrogen and oxygen atoms in total. The highest BCUT2D eigenvalue weighted by atomic mass is 16.5. The number of hydrogen-bond donors (Lipinski definition) is 1. The number of aliphatic hydroxyl groups is 1. The molecule has 0 fully saturated rings. The van der Waals surface area contributed by atoms with Crippen molar-refractivity contribution in [2.24, 2.45) is 0 Å². The molecule has 1 aromatic carbocycles. The van der Waals surface area contributed by atoms with Crippen LogP contribution in [0.4, 0.5) is 0 Å². The van der Waals surface area contributed by atoms with E-state index in [1.165, 1.54) is 4.90 Å². The van der Waals surface area contributed by atoms with Gasteiger partial charge in [-0.1, -0.05) is 24.3 Å². The predicted octanol–water partition coefficient (Wildman–Crippen LogP) is 3.33. The van der Waals surface area contributed by atoms with Crippen LogP contribution in [-0.4, -0.2) is 59.2 Å². The third-order valence-corrected chi connectivity index (χ3v) is 5.36. The Morgan fingerprint density at radius 3 is 1.68 bits per heavy atom. The third-order valence-electron chi connectivity index (χ3n) is 5.36. The molecule has 0 atom stereocenters. The molecule has 0 radical (unpaired) electrons. The maximum absolute atomic E-state index is 12.2. The zero-order valence-corrected chi connectivity index (χ0v) is 19.4. The fourth-order valence-electron chi connectivity index (χ4n) is 3.53. The molecule has 1 N–H and O–H groups in total. The van der Waals surface area contributed by atoms with Gasteiger partial charge in [0.25, 0.3) is 11.8 Å². The number of carbonyl (C=O) groups is 2. The number of fused-ring (bicyclic) bond motifs is 1. The molecule has 0 unspecified atom stereocenters. The molecule has 8 heteroatoms. The van der Waals surface area contributed by atoms with Crippen molar-refractivity contribution in [3.05, 3.63) is 83.2 Å². The second-order valence-corrected chi connectivity index (χ2v) is 7.66. The van der Waals surface area contributed by atoms with Crippen molar-refractivity contribution in [1.29, 1.82) is 0 Å². The maximum atomic E-state index is 12.2. The lowest BCUT2D eigenvalue weighted by atomic mass is 10.1. The second kappa shape index (κ2) is 12.5. The Labute approximate surface area is 199 Å². The maximum Gasteiger partial charge on any atom is 0.261 e. The first-order valence-electron chi connectivity index (χ1n) is 11.1. The highest BCUT2D eigenvalue weighted by molar-refractivity contribution is 6.21. The van der Waals surface area contributed by atoms with Crippen molar-refractivity contribution in [2.75, 3.05) is 27.4 Å². The van der Waals surface area contributed by atoms with Crippen LogP contribution < -0.4 is 9.47 Å². The molecule has 34 heavy (non-hydrogen) atoms. The van der Waals surface area contributed by atoms with E-state index in [1.807, 2.05) is 18.2 Å². The number of benzene rings is 1. The molecule has 0 aliphatic carbocycles. The Balaban J connectivity index is 0.000000229. The lowest BCUT2D eigenvalue weighted by molar-refractivity contribution is 0.0652. The van der Waals surface area contributed by atoms with Gasteiger partial charge in [-0.2, -0.15) is 0 Å². The summed E-state index contributed by atoms with van der Waals surface area (Å²) >= 11 is 0. The lowest BCUT2D eigenvalue weighted by Gasteiger charge is -2.13. The summed E-state index contributed by atoms with van der Waals surface area (Å²) in [4.78, 5) is 33.9. The lowest BCUT2D eigenvalue weighted by Crippen LogP contribution is -2.30. The summed E-state index contributed by atoms with van der Waals surface area (Å²) in [6, 6.07) is 14.5. The van der Waals surface area contributed by atoms with Crippen molar-refractivity contribution < 1.29 is 24.2 Å². The zero-order valence-electron chi connectivity index (χ0n) is 19.4. The van der Waals surface area contributed by atoms with Gasteiger partial charge in [0.05, 0.1) is 25.3 Å². The monoisotopic (exact) mass is 463 g/mol. The SMILES string of the molecule is COc1ccc(CCCN2C(=O)c3ccccc3C2=O)cn1.COc1ccc(CCCO)cn1. The van der Waals surface area contributed by atoms with E-state index in [0.717, 1.165) is 30.4 Å². The molecule has 3 aromatic rings. The largest absolute Gasteiger partial charge is 0.481 e. The smallest absolute Gasteiger partial charge is 0.261 e. The standard InChI is InChI=1S/C17H16N2O3.C9H13NO2/c1-22-15-9-8-12(11-18-15)5-4-10-19-16(20)13-6-2-3-7-14(13)17(19)21;1-12-9-5-4-8(7-10-9)3-2-6-11/h2-3,6-9,11H,4-5,10H2,1H3;4-5,7,11H,2-3,6H2,1H3. The molecule has 4 rings (SSSR count). The van der Waals surface area contributed by atoms with Crippen LogP contribution in [-0.2, 0) is 12.8 Å². The summed E-state index contributed by atoms with van der Waals surface area (Å²) in [6.45, 7) is 0.643. The molecule has 0 bridgehead atoms. The summed E-state index contributed by atoms with van der Waals surface area (Å²) in [7, 11) is 3.17. The summed E-state index contributed by atoms with van der Waals surface area (Å²) in [5.41, 5.74) is 3.18. The number of amides is 2. The Kier molecular flexibility index (Phi) is 9.11. The van der Waals surface area contributed by atoms with Crippen LogP contribution in [0.1, 0.15) is 44.7 Å². The van der Waals surface area contributed by atoms with Crippen LogP contribution in [0, 0.1) is 0 Å². The molecule has 2 amide bonds. The van der Waals surface area contributed by atoms with Gasteiger partial charge in [0.1, 0.15) is 0 Å². The molecular weight excluding hydrogens is 434 g/mol. The highest BCUT2D eigenvalue weighted by Crippen LogP contribution is 2.22. The zero-order chi connectivity index (χ0) is 24.3. The van der Waals surface area contributed by atoms with Gasteiger partial charge in [0.2, 0.25) is 11.8 Å². The van der Waals surface area contributed by atoms with Crippen LogP contribution >= 0.6 is 0 Å². The van der Waals surface area contributed by atoms with Crippen molar-refractivity contribution in [3.8, 4) is 11.8 Å². The average molecular weight is 464 g/mol. The third kappa shape index (κ3) is 6.39. The molecular formula is C26H29N3O5. The minimum atomic E-state index is -0.201. The number of pyridine rings is 2. The number of aliphatic hydroxyl groups excluding tert-OH is 1. The van der Waals surface area contributed by atoms with Gasteiger partial charge in [0, 0.05) is 37.7 Å². The summed E-state index contributed by atoms with van der Waals surface area (Å²) < 4.78 is 9.92. The quantitative estimate of drug-likeness (QED) is 0.486. The highest BCUT2D eigenvalue weighted by Gasteiger charge is 2.34. The first kappa shape index (κ1) is 24.9. The van der Waals surface area contributed by atoms with Crippen molar-refractivity contribution in [1.82, 2.24) is 14.9 Å². The number of rotatable bonds is 9. The van der Waals surface area contributed by atoms with Gasteiger partial charge in [-0.05, 0) is 48.9 Å². The number of nitrogens with zero attached hydrogens (tertiary/aromatic N) is 3. The van der Waals surface area contributed by atoms with E-state index >= 15 is 0 Å². The Hall–Kier alpha value is -3.78. The Morgan fingerprint density at radius 1 is 0.765 bits per heavy atom. The minimum absolute atomic E-state index is 0.201. The first-order chi connectivity index (χ1) is 16.6. The van der Waals surface area contributed by atoms with Gasteiger partial charge >= 0.3 is 0 Å². The van der Waals surface area contributed by atoms with Gasteiger partial charge in [-0.3, -0.25) is 14.5 Å². The fraction of sp³-hybridized carbons (Fsp3) is 0.308. The van der Waals surface area contributed by atoms with E-state index in [4.69, 9.17) is 14.6 Å². The van der Waals surface area contributed by atoms with Gasteiger partial charge in [0.15, 0.2) is 0 Å². The van der Waals surface area contributed by atoms with Crippen LogP contribution in [0.3, 0.4) is 0 Å². The first-order valence-corrected chi connectivity index (χ1v) is 11.1. The second-order valence-electron chi connectivity index (χ2n) is 7.66. The van der Waals surface area contributed by atoms with E-state index in [9.17, 15) is 9.59 Å². The normalized spacial score (nSPS) is 12.1. The Bertz CT molecular complexity index is 1050. The van der Waals surface area contributed by atoms with Crippen molar-refractivity contribution >= 4 is 11.8 Å². The molecule has 178 valence electrons. The average Bonchev–Trinajstić information content (AvgIpc) is 3.13. The van der Waals surface area contributed by atoms with Crippen LogP contribution in [0.15, 0.2) is 60.9 Å². The molecule has 1 aliphatic rings. The van der Waals surface area contributed by atoms with E-state index < -0.39 is 0 Å². The Morgan fingerprint density at radius 2 is 1.26 bits per heavy atom. The number of aryl methyl sites for hydroxylation is 2. The molecule has 3 heterocycles. The number of hydrogen-bond acceptors (Lipinski definition) is 7. The molecule has 0 saturated carbocycles. The fourth-order valence-corrected chi connectivity index (χ4v) is 3.53. The van der Waals surface area contributed by atoms with Gasteiger partial charge in [-0.25, -0.2) is 9.97 Å². The van der Waals surface area contributed by atoms with Crippen LogP contribution in [0.25, 0.3) is 0 Å². The van der Waals surface area contributed by atoms with Gasteiger partial charge in [-0.15, -0.1) is 0 Å². The van der Waals surface area contributed by atoms with E-state index in [0.29, 0.717) is 35.9 Å². The predicted molar refractivity (Wildman–Crippen MR) is 127 cm³/mol. The molecule has 0 saturated heterocycles. The van der Waals surface area contributed by atoms with Gasteiger partial charge < -0.3 is 14.6 Å². The minimum Gasteiger partial charge on any atom is -0.481 e. The van der Waals surface area contributed by atoms with Crippen LogP contribution in [0.5, 0.6) is 11.8 Å². The summed E-state index contributed by atoms with van der Waals surface area (Å²) in [5, 5.41) is 8.58. The number of carbonyl (C=O) groups excluding carboxylic acids is 2. The number of ether oxygens (including phenoxy) is 2. The van der Waals surface area contributed by atoms with Crippen LogP contribution in [0.2, 0.25) is 0 Å². The molecule has 0 spiro atoms. The summed E-state index contributed by atoms with van der Waals surface area (Å²) in [6.07, 6.45) is 6.64. The van der Waals surface area contributed by atoms with E-state index in [2.05, 4.69) is 9.97 Å². The number of methoxy groups -OCH3 is 2. The van der Waals surface area contributed by atoms with Crippen molar-refractivity contribution in [2.45, 2.75) is 25.7 Å². The summed E-state index contributed by atoms with van der Waals surface area (Å²) in [5.74, 6) is 0.800. The molecule has 1 aliphatic heterocycles. The van der Waals surface area contributed by atoms with E-state index in [1.54, 1.807) is 56.9 Å². The number of aromatic nitrogens is 2.